The van der Waals surface area contributed by atoms with Gasteiger partial charge < -0.3 is 4.90 Å². The molecule has 1 aliphatic heterocycles. The van der Waals surface area contributed by atoms with Gasteiger partial charge in [-0.1, -0.05) is 54.9 Å². The normalized spacial score (nSPS) is 15.0. The summed E-state index contributed by atoms with van der Waals surface area (Å²) in [6, 6.07) is 14.6. The zero-order valence-corrected chi connectivity index (χ0v) is 16.5. The van der Waals surface area contributed by atoms with Crippen LogP contribution in [0.5, 0.6) is 0 Å². The lowest BCUT2D eigenvalue weighted by Crippen LogP contribution is -2.30. The number of nitrogens with zero attached hydrogens (tertiary/aromatic N) is 2. The second kappa shape index (κ2) is 8.14. The number of piperidine rings is 1. The number of anilines is 1. The van der Waals surface area contributed by atoms with Gasteiger partial charge >= 0.3 is 0 Å². The minimum atomic E-state index is 0.792. The van der Waals surface area contributed by atoms with Crippen molar-refractivity contribution in [3.8, 4) is 0 Å². The summed E-state index contributed by atoms with van der Waals surface area (Å²) in [7, 11) is 0. The van der Waals surface area contributed by atoms with Gasteiger partial charge in [0.15, 0.2) is 0 Å². The first-order valence-electron chi connectivity index (χ1n) is 9.85. The van der Waals surface area contributed by atoms with Crippen LogP contribution in [0.15, 0.2) is 48.7 Å². The number of aryl methyl sites for hydroxylation is 1. The minimum absolute atomic E-state index is 0.792. The van der Waals surface area contributed by atoms with Crippen molar-refractivity contribution in [3.63, 3.8) is 0 Å². The summed E-state index contributed by atoms with van der Waals surface area (Å²) >= 11 is 6.34. The fraction of sp³-hybridized carbons (Fsp3) is 0.292. The number of aromatic nitrogens is 1. The van der Waals surface area contributed by atoms with Gasteiger partial charge in [0.1, 0.15) is 0 Å². The van der Waals surface area contributed by atoms with Crippen LogP contribution in [-0.4, -0.2) is 18.1 Å². The molecule has 1 aromatic heterocycles. The molecule has 0 N–H and O–H groups in total. The van der Waals surface area contributed by atoms with E-state index in [1.807, 2.05) is 18.3 Å². The molecule has 2 heterocycles. The van der Waals surface area contributed by atoms with Crippen LogP contribution in [0.3, 0.4) is 0 Å². The maximum absolute atomic E-state index is 6.34. The molecule has 0 amide bonds. The summed E-state index contributed by atoms with van der Waals surface area (Å²) in [6.07, 6.45) is 11.2. The highest BCUT2D eigenvalue weighted by Gasteiger charge is 2.14. The predicted octanol–water partition coefficient (Wildman–Crippen LogP) is 6.61. The Morgan fingerprint density at radius 3 is 2.56 bits per heavy atom. The maximum Gasteiger partial charge on any atom is 0.0650 e. The number of hydrogen-bond donors (Lipinski definition) is 0. The van der Waals surface area contributed by atoms with Crippen molar-refractivity contribution in [1.29, 1.82) is 0 Å². The molecule has 3 aromatic rings. The lowest BCUT2D eigenvalue weighted by atomic mass is 10.0. The van der Waals surface area contributed by atoms with Crippen molar-refractivity contribution < 1.29 is 0 Å². The Kier molecular flexibility index (Phi) is 5.45. The summed E-state index contributed by atoms with van der Waals surface area (Å²) in [5.41, 5.74) is 4.86. The highest BCUT2D eigenvalue weighted by atomic mass is 35.5. The topological polar surface area (TPSA) is 16.1 Å². The molecule has 0 unspecified atom stereocenters. The molecule has 0 radical (unpaired) electrons. The summed E-state index contributed by atoms with van der Waals surface area (Å²) < 4.78 is 0. The summed E-state index contributed by atoms with van der Waals surface area (Å²) in [4.78, 5) is 7.20. The van der Waals surface area contributed by atoms with E-state index in [-0.39, 0.29) is 0 Å². The standard InChI is InChI=1S/C24H25ClN2/c1-2-18-17-26-20(16-24(18)27-14-6-3-7-15-27)12-10-19-11-13-23(25)22-9-5-4-8-21(19)22/h4-5,8-13,16-17H,2-3,6-7,14-15H2,1H3/b12-10-. The van der Waals surface area contributed by atoms with E-state index in [9.17, 15) is 0 Å². The quantitative estimate of drug-likeness (QED) is 0.509. The molecule has 138 valence electrons. The molecule has 4 rings (SSSR count). The minimum Gasteiger partial charge on any atom is -0.371 e. The number of fused-ring (bicyclic) bond motifs is 1. The second-order valence-corrected chi connectivity index (χ2v) is 7.56. The van der Waals surface area contributed by atoms with Crippen LogP contribution in [-0.2, 0) is 6.42 Å². The highest BCUT2D eigenvalue weighted by molar-refractivity contribution is 6.35. The van der Waals surface area contributed by atoms with Crippen molar-refractivity contribution in [2.45, 2.75) is 32.6 Å². The second-order valence-electron chi connectivity index (χ2n) is 7.15. The largest absolute Gasteiger partial charge is 0.371 e. The highest BCUT2D eigenvalue weighted by Crippen LogP contribution is 2.29. The molecular weight excluding hydrogens is 352 g/mol. The van der Waals surface area contributed by atoms with Gasteiger partial charge in [0.05, 0.1) is 5.69 Å². The van der Waals surface area contributed by atoms with Crippen LogP contribution in [0.4, 0.5) is 5.69 Å². The summed E-state index contributed by atoms with van der Waals surface area (Å²) in [5.74, 6) is 0. The third-order valence-corrected chi connectivity index (χ3v) is 5.73. The number of benzene rings is 2. The van der Waals surface area contributed by atoms with Gasteiger partial charge in [-0.3, -0.25) is 4.98 Å². The van der Waals surface area contributed by atoms with Crippen LogP contribution in [0.2, 0.25) is 5.02 Å². The molecule has 0 bridgehead atoms. The molecule has 0 atom stereocenters. The Hall–Kier alpha value is -2.32. The lowest BCUT2D eigenvalue weighted by Gasteiger charge is -2.30. The Labute approximate surface area is 166 Å². The van der Waals surface area contributed by atoms with Crippen LogP contribution in [0.1, 0.15) is 43.0 Å². The van der Waals surface area contributed by atoms with Crippen molar-refractivity contribution in [1.82, 2.24) is 4.98 Å². The molecule has 3 heteroatoms. The van der Waals surface area contributed by atoms with E-state index in [1.165, 1.54) is 35.9 Å². The van der Waals surface area contributed by atoms with Gasteiger partial charge in [-0.05, 0) is 60.4 Å². The van der Waals surface area contributed by atoms with Gasteiger partial charge in [-0.2, -0.15) is 0 Å². The first kappa shape index (κ1) is 18.1. The Bertz CT molecular complexity index is 971. The zero-order valence-electron chi connectivity index (χ0n) is 15.8. The van der Waals surface area contributed by atoms with Crippen LogP contribution >= 0.6 is 11.6 Å². The lowest BCUT2D eigenvalue weighted by molar-refractivity contribution is 0.576. The predicted molar refractivity (Wildman–Crippen MR) is 118 cm³/mol. The van der Waals surface area contributed by atoms with E-state index < -0.39 is 0 Å². The fourth-order valence-corrected chi connectivity index (χ4v) is 4.12. The van der Waals surface area contributed by atoms with E-state index in [1.54, 1.807) is 0 Å². The summed E-state index contributed by atoms with van der Waals surface area (Å²) in [5, 5.41) is 3.05. The smallest absolute Gasteiger partial charge is 0.0650 e. The molecule has 27 heavy (non-hydrogen) atoms. The zero-order chi connectivity index (χ0) is 18.6. The molecule has 1 saturated heterocycles. The van der Waals surface area contributed by atoms with Gasteiger partial charge in [0, 0.05) is 35.4 Å². The van der Waals surface area contributed by atoms with Crippen LogP contribution < -0.4 is 4.90 Å². The molecule has 0 spiro atoms. The molecule has 1 aliphatic rings. The SMILES string of the molecule is CCc1cnc(/C=C\c2ccc(Cl)c3ccccc23)cc1N1CCCCC1. The first-order valence-corrected chi connectivity index (χ1v) is 10.2. The van der Waals surface area contributed by atoms with Crippen molar-refractivity contribution in [2.75, 3.05) is 18.0 Å². The van der Waals surface area contributed by atoms with Crippen molar-refractivity contribution in [3.05, 3.63) is 70.5 Å². The van der Waals surface area contributed by atoms with Crippen molar-refractivity contribution >= 4 is 40.2 Å². The number of rotatable bonds is 4. The number of pyridine rings is 1. The van der Waals surface area contributed by atoms with Gasteiger partial charge in [0.25, 0.3) is 0 Å². The molecule has 2 nitrogen and oxygen atoms in total. The average molecular weight is 377 g/mol. The monoisotopic (exact) mass is 376 g/mol. The van der Waals surface area contributed by atoms with E-state index in [2.05, 4.69) is 59.3 Å². The van der Waals surface area contributed by atoms with E-state index in [0.717, 1.165) is 41.2 Å². The molecule has 0 aliphatic carbocycles. The van der Waals surface area contributed by atoms with Crippen LogP contribution in [0.25, 0.3) is 22.9 Å². The number of hydrogen-bond acceptors (Lipinski definition) is 2. The molecule has 0 saturated carbocycles. The van der Waals surface area contributed by atoms with E-state index in [4.69, 9.17) is 11.6 Å². The molecule has 1 fully saturated rings. The molecule has 2 aromatic carbocycles. The van der Waals surface area contributed by atoms with E-state index in [0.29, 0.717) is 0 Å². The Balaban J connectivity index is 1.67. The van der Waals surface area contributed by atoms with Gasteiger partial charge in [0.2, 0.25) is 0 Å². The third-order valence-electron chi connectivity index (χ3n) is 5.40. The van der Waals surface area contributed by atoms with Crippen molar-refractivity contribution in [2.24, 2.45) is 0 Å². The summed E-state index contributed by atoms with van der Waals surface area (Å²) in [6.45, 7) is 4.52. The van der Waals surface area contributed by atoms with Crippen LogP contribution in [0, 0.1) is 0 Å². The maximum atomic E-state index is 6.34. The Morgan fingerprint density at radius 2 is 1.78 bits per heavy atom. The third kappa shape index (κ3) is 3.86. The fourth-order valence-electron chi connectivity index (χ4n) is 3.89. The van der Waals surface area contributed by atoms with E-state index >= 15 is 0 Å². The average Bonchev–Trinajstić information content (AvgIpc) is 2.74. The Morgan fingerprint density at radius 1 is 1.00 bits per heavy atom. The molecular formula is C24H25ClN2. The van der Waals surface area contributed by atoms with Gasteiger partial charge in [-0.25, -0.2) is 0 Å². The number of halogens is 1. The van der Waals surface area contributed by atoms with Gasteiger partial charge in [-0.15, -0.1) is 0 Å². The first-order chi connectivity index (χ1) is 13.3.